The summed E-state index contributed by atoms with van der Waals surface area (Å²) in [6.07, 6.45) is 11.7. The monoisotopic (exact) mass is 744 g/mol. The number of ether oxygens (including phenoxy) is 2. The molecule has 4 heterocycles. The van der Waals surface area contributed by atoms with Crippen molar-refractivity contribution in [3.63, 3.8) is 0 Å². The Bertz CT molecular complexity index is 2300. The molecule has 0 aliphatic carbocycles. The van der Waals surface area contributed by atoms with Gasteiger partial charge in [-0.15, -0.1) is 0 Å². The molecule has 278 valence electrons. The van der Waals surface area contributed by atoms with Crippen LogP contribution in [0.1, 0.15) is 63.0 Å². The lowest BCUT2D eigenvalue weighted by Crippen LogP contribution is -2.25. The van der Waals surface area contributed by atoms with Gasteiger partial charge in [-0.1, -0.05) is 63.9 Å². The van der Waals surface area contributed by atoms with Gasteiger partial charge in [0.15, 0.2) is 28.8 Å². The molecular weight excluding hydrogens is 701 g/mol. The summed E-state index contributed by atoms with van der Waals surface area (Å²) < 4.78 is 40.8. The molecule has 54 heavy (non-hydrogen) atoms. The van der Waals surface area contributed by atoms with Crippen LogP contribution in [0, 0.1) is 0 Å². The van der Waals surface area contributed by atoms with Crippen molar-refractivity contribution in [3.05, 3.63) is 114 Å². The minimum atomic E-state index is -3.67. The van der Waals surface area contributed by atoms with Crippen LogP contribution in [0.5, 0.6) is 23.0 Å². The molecule has 3 aliphatic heterocycles. The highest BCUT2D eigenvalue weighted by Gasteiger charge is 2.37. The average Bonchev–Trinajstić information content (AvgIpc) is 3.16. The Balaban J connectivity index is 0.000000588. The van der Waals surface area contributed by atoms with E-state index < -0.39 is 10.1 Å². The van der Waals surface area contributed by atoms with Crippen LogP contribution in [0.25, 0.3) is 11.4 Å². The van der Waals surface area contributed by atoms with Gasteiger partial charge in [0.05, 0.1) is 39.8 Å². The minimum Gasteiger partial charge on any atom is -0.453 e. The Morgan fingerprint density at radius 2 is 1.54 bits per heavy atom. The Labute approximate surface area is 316 Å². The molecule has 2 N–H and O–H groups in total. The van der Waals surface area contributed by atoms with Crippen molar-refractivity contribution in [1.29, 1.82) is 0 Å². The molecule has 0 bridgehead atoms. The molecular formula is C42H44N6O5S. The normalized spacial score (nSPS) is 15.0. The summed E-state index contributed by atoms with van der Waals surface area (Å²) in [7, 11) is -1.63. The van der Waals surface area contributed by atoms with Crippen LogP contribution in [0.15, 0.2) is 102 Å². The maximum absolute atomic E-state index is 9.79. The van der Waals surface area contributed by atoms with Gasteiger partial charge < -0.3 is 24.6 Å². The van der Waals surface area contributed by atoms with E-state index in [1.54, 1.807) is 6.92 Å². The second kappa shape index (κ2) is 15.7. The first-order valence-electron chi connectivity index (χ1n) is 18.3. The van der Waals surface area contributed by atoms with E-state index >= 15 is 0 Å². The molecule has 1 aromatic heterocycles. The predicted molar refractivity (Wildman–Crippen MR) is 215 cm³/mol. The van der Waals surface area contributed by atoms with Gasteiger partial charge in [0.2, 0.25) is 0 Å². The molecule has 0 saturated carbocycles. The number of hydrogen-bond donors (Lipinski definition) is 2. The van der Waals surface area contributed by atoms with Gasteiger partial charge in [-0.3, -0.25) is 9.55 Å². The first-order valence-corrected chi connectivity index (χ1v) is 19.9. The summed E-state index contributed by atoms with van der Waals surface area (Å²) in [4.78, 5) is 19.5. The van der Waals surface area contributed by atoms with Crippen molar-refractivity contribution >= 4 is 44.8 Å². The Kier molecular flexibility index (Phi) is 10.7. The average molecular weight is 745 g/mol. The summed E-state index contributed by atoms with van der Waals surface area (Å²) in [6, 6.07) is 26.8. The van der Waals surface area contributed by atoms with Crippen molar-refractivity contribution in [3.8, 4) is 34.4 Å². The van der Waals surface area contributed by atoms with Crippen molar-refractivity contribution in [2.75, 3.05) is 23.0 Å². The van der Waals surface area contributed by atoms with Crippen LogP contribution in [0.4, 0.5) is 28.4 Å². The molecule has 5 aromatic rings. The summed E-state index contributed by atoms with van der Waals surface area (Å²) in [5.41, 5.74) is 8.52. The van der Waals surface area contributed by atoms with Gasteiger partial charge in [0, 0.05) is 36.9 Å². The number of hydrogen-bond acceptors (Lipinski definition) is 10. The number of benzene rings is 4. The van der Waals surface area contributed by atoms with E-state index in [1.165, 1.54) is 5.56 Å². The number of aliphatic imine (C=N–C) groups is 1. The van der Waals surface area contributed by atoms with E-state index in [2.05, 4.69) is 65.4 Å². The highest BCUT2D eigenvalue weighted by atomic mass is 32.2. The second-order valence-corrected chi connectivity index (χ2v) is 14.9. The van der Waals surface area contributed by atoms with E-state index in [0.717, 1.165) is 88.2 Å². The maximum Gasteiger partial charge on any atom is 0.264 e. The number of aryl methyl sites for hydroxylation is 2. The molecule has 8 rings (SSSR count). The van der Waals surface area contributed by atoms with Crippen LogP contribution in [0.3, 0.4) is 0 Å². The summed E-state index contributed by atoms with van der Waals surface area (Å²) in [6.45, 7) is 6.05. The molecule has 0 saturated heterocycles. The van der Waals surface area contributed by atoms with Gasteiger partial charge >= 0.3 is 0 Å². The smallest absolute Gasteiger partial charge is 0.264 e. The minimum absolute atomic E-state index is 0.132. The van der Waals surface area contributed by atoms with Crippen molar-refractivity contribution in [2.45, 2.75) is 59.0 Å². The third kappa shape index (κ3) is 7.53. The fraction of sp³-hybridized carbons (Fsp3) is 0.262. The number of allylic oxidation sites excluding steroid dienone is 1. The number of nitrogens with zero attached hydrogens (tertiary/aromatic N) is 5. The zero-order valence-corrected chi connectivity index (χ0v) is 31.7. The zero-order valence-electron chi connectivity index (χ0n) is 30.9. The molecule has 0 amide bonds. The van der Waals surface area contributed by atoms with Gasteiger partial charge in [-0.2, -0.15) is 8.42 Å². The maximum atomic E-state index is 9.79. The van der Waals surface area contributed by atoms with E-state index in [0.29, 0.717) is 18.0 Å². The van der Waals surface area contributed by atoms with Crippen LogP contribution in [-0.4, -0.2) is 46.9 Å². The number of anilines is 5. The van der Waals surface area contributed by atoms with E-state index in [-0.39, 0.29) is 11.9 Å². The third-order valence-corrected chi connectivity index (χ3v) is 10.1. The zero-order chi connectivity index (χ0) is 37.8. The van der Waals surface area contributed by atoms with Crippen LogP contribution < -0.4 is 19.7 Å². The van der Waals surface area contributed by atoms with Gasteiger partial charge in [-0.25, -0.2) is 9.97 Å². The summed E-state index contributed by atoms with van der Waals surface area (Å²) in [5.74, 6) is 3.50. The van der Waals surface area contributed by atoms with Gasteiger partial charge in [0.25, 0.3) is 10.1 Å². The molecule has 1 atom stereocenters. The van der Waals surface area contributed by atoms with Gasteiger partial charge in [-0.05, 0) is 79.4 Å². The van der Waals surface area contributed by atoms with E-state index in [9.17, 15) is 8.42 Å². The van der Waals surface area contributed by atoms with Crippen molar-refractivity contribution in [1.82, 2.24) is 14.9 Å². The lowest BCUT2D eigenvalue weighted by molar-refractivity contribution is 0.345. The number of rotatable bonds is 9. The Morgan fingerprint density at radius 1 is 0.833 bits per heavy atom. The molecule has 0 radical (unpaired) electrons. The molecule has 12 heteroatoms. The number of fused-ring (bicyclic) bond motifs is 4. The number of aromatic nitrogens is 2. The first-order chi connectivity index (χ1) is 26.2. The lowest BCUT2D eigenvalue weighted by atomic mass is 9.95. The van der Waals surface area contributed by atoms with E-state index in [4.69, 9.17) is 29.0 Å². The first kappa shape index (κ1) is 36.6. The van der Waals surface area contributed by atoms with E-state index in [1.807, 2.05) is 74.2 Å². The molecule has 11 nitrogen and oxygen atoms in total. The van der Waals surface area contributed by atoms with Crippen LogP contribution in [0.2, 0.25) is 0 Å². The van der Waals surface area contributed by atoms with Gasteiger partial charge in [0.1, 0.15) is 6.17 Å². The van der Waals surface area contributed by atoms with Crippen molar-refractivity contribution in [2.24, 2.45) is 4.99 Å². The topological polar surface area (TPSA) is 129 Å². The highest BCUT2D eigenvalue weighted by molar-refractivity contribution is 7.85. The SMILES string of the molecule is CCCS(=O)(=O)O.CCCc1ccc2c(c1)Nc1c(cc(C3N=CC=CN3C)c(N3c4ccccc4Oc4ccccc43)c1-c1nccc(CCC)n1)O2. The third-order valence-electron chi connectivity index (χ3n) is 9.21. The molecule has 0 fully saturated rings. The molecule has 0 spiro atoms. The molecule has 4 aromatic carbocycles. The Morgan fingerprint density at radius 3 is 2.19 bits per heavy atom. The fourth-order valence-electron chi connectivity index (χ4n) is 6.90. The van der Waals surface area contributed by atoms with Crippen LogP contribution >= 0.6 is 0 Å². The van der Waals surface area contributed by atoms with Crippen LogP contribution in [-0.2, 0) is 23.0 Å². The highest BCUT2D eigenvalue weighted by Crippen LogP contribution is 2.59. The number of para-hydroxylation sites is 4. The fourth-order valence-corrected chi connectivity index (χ4v) is 7.41. The standard InChI is InChI=1S/C39H36N6O2.C3H8O3S/c1-4-11-25-17-18-31-28(23-25)43-36-34(46-31)24-27(39-41-20-10-22-44(39)3)37(35(36)38-40-21-19-26(42-38)12-5-2)45-29-13-6-8-15-32(29)47-33-16-9-7-14-30(33)45;1-2-3-7(4,5)6/h6-10,13-24,39,43H,4-5,11-12H2,1-3H3;2-3H2,1H3,(H,4,5,6). The van der Waals surface area contributed by atoms with Crippen molar-refractivity contribution < 1.29 is 22.4 Å². The second-order valence-electron chi connectivity index (χ2n) is 13.3. The predicted octanol–water partition coefficient (Wildman–Crippen LogP) is 10.3. The summed E-state index contributed by atoms with van der Waals surface area (Å²) >= 11 is 0. The molecule has 3 aliphatic rings. The number of nitrogens with one attached hydrogen (secondary N) is 1. The Hall–Kier alpha value is -5.72. The lowest BCUT2D eigenvalue weighted by Gasteiger charge is -2.38. The largest absolute Gasteiger partial charge is 0.453 e. The quantitative estimate of drug-likeness (QED) is 0.138. The summed E-state index contributed by atoms with van der Waals surface area (Å²) in [5, 5.41) is 3.80. The molecule has 1 unspecified atom stereocenters.